The van der Waals surface area contributed by atoms with Crippen LogP contribution < -0.4 is 15.2 Å². The Morgan fingerprint density at radius 2 is 2.00 bits per heavy atom. The Hall–Kier alpha value is -0.740. The number of fused-ring (bicyclic) bond motifs is 1. The van der Waals surface area contributed by atoms with Crippen LogP contribution in [0.25, 0.3) is 0 Å². The number of rotatable bonds is 2. The van der Waals surface area contributed by atoms with Crippen molar-refractivity contribution in [3.8, 4) is 11.5 Å². The molecule has 1 aromatic carbocycles. The molecule has 1 aliphatic heterocycles. The van der Waals surface area contributed by atoms with Crippen LogP contribution in [-0.4, -0.2) is 19.3 Å². The average Bonchev–Trinajstić information content (AvgIpc) is 3.11. The number of halogens is 1. The van der Waals surface area contributed by atoms with Gasteiger partial charge in [-0.15, -0.1) is 0 Å². The summed E-state index contributed by atoms with van der Waals surface area (Å²) in [5.74, 6) is 1.66. The van der Waals surface area contributed by atoms with Gasteiger partial charge in [0.15, 0.2) is 11.5 Å². The summed E-state index contributed by atoms with van der Waals surface area (Å²) in [5.41, 5.74) is 7.51. The van der Waals surface area contributed by atoms with Crippen LogP contribution in [-0.2, 0) is 5.41 Å². The second-order valence-electron chi connectivity index (χ2n) is 4.90. The van der Waals surface area contributed by atoms with E-state index in [9.17, 15) is 0 Å². The summed E-state index contributed by atoms with van der Waals surface area (Å²) in [4.78, 5) is 0. The van der Waals surface area contributed by atoms with E-state index in [0.717, 1.165) is 28.8 Å². The second kappa shape index (κ2) is 3.89. The Morgan fingerprint density at radius 3 is 2.65 bits per heavy atom. The highest BCUT2D eigenvalue weighted by atomic mass is 79.9. The van der Waals surface area contributed by atoms with Crippen LogP contribution in [0, 0.1) is 0 Å². The number of hydrogen-bond donors (Lipinski definition) is 1. The lowest BCUT2D eigenvalue weighted by molar-refractivity contribution is 0.170. The van der Waals surface area contributed by atoms with Gasteiger partial charge in [-0.25, -0.2) is 0 Å². The minimum Gasteiger partial charge on any atom is -0.486 e. The van der Waals surface area contributed by atoms with Gasteiger partial charge in [0.05, 0.1) is 4.47 Å². The average molecular weight is 298 g/mol. The molecule has 1 aromatic rings. The second-order valence-corrected chi connectivity index (χ2v) is 5.69. The molecule has 0 amide bonds. The van der Waals surface area contributed by atoms with Crippen molar-refractivity contribution < 1.29 is 9.47 Å². The summed E-state index contributed by atoms with van der Waals surface area (Å²) in [6.07, 6.45) is 2.31. The first kappa shape index (κ1) is 11.4. The van der Waals surface area contributed by atoms with E-state index in [0.29, 0.717) is 13.2 Å². The van der Waals surface area contributed by atoms with Crippen molar-refractivity contribution in [2.24, 2.45) is 5.73 Å². The highest BCUT2D eigenvalue weighted by Crippen LogP contribution is 2.55. The summed E-state index contributed by atoms with van der Waals surface area (Å²) in [5, 5.41) is 0. The zero-order chi connectivity index (χ0) is 12.0. The predicted octanol–water partition coefficient (Wildman–Crippen LogP) is 2.60. The molecule has 1 atom stereocenters. The summed E-state index contributed by atoms with van der Waals surface area (Å²) in [6.45, 7) is 3.31. The fraction of sp³-hybridized carbons (Fsp3) is 0.538. The molecule has 92 valence electrons. The molecule has 3 nitrogen and oxygen atoms in total. The van der Waals surface area contributed by atoms with Gasteiger partial charge in [-0.2, -0.15) is 0 Å². The van der Waals surface area contributed by atoms with Gasteiger partial charge < -0.3 is 15.2 Å². The molecule has 1 heterocycles. The molecule has 0 radical (unpaired) electrons. The Labute approximate surface area is 109 Å². The maximum Gasteiger partial charge on any atom is 0.175 e. The van der Waals surface area contributed by atoms with E-state index in [-0.39, 0.29) is 11.5 Å². The van der Waals surface area contributed by atoms with Crippen LogP contribution in [0.15, 0.2) is 16.6 Å². The topological polar surface area (TPSA) is 44.5 Å². The van der Waals surface area contributed by atoms with Gasteiger partial charge in [0.1, 0.15) is 13.2 Å². The molecule has 3 rings (SSSR count). The van der Waals surface area contributed by atoms with E-state index in [1.54, 1.807) is 0 Å². The molecule has 0 saturated heterocycles. The Morgan fingerprint density at radius 1 is 1.29 bits per heavy atom. The molecule has 1 saturated carbocycles. The quantitative estimate of drug-likeness (QED) is 0.912. The van der Waals surface area contributed by atoms with Crippen LogP contribution >= 0.6 is 15.9 Å². The van der Waals surface area contributed by atoms with Crippen molar-refractivity contribution in [1.82, 2.24) is 0 Å². The molecule has 1 unspecified atom stereocenters. The lowest BCUT2D eigenvalue weighted by Gasteiger charge is -2.26. The zero-order valence-electron chi connectivity index (χ0n) is 9.83. The van der Waals surface area contributed by atoms with Crippen LogP contribution in [0.3, 0.4) is 0 Å². The molecule has 2 N–H and O–H groups in total. The van der Waals surface area contributed by atoms with E-state index >= 15 is 0 Å². The summed E-state index contributed by atoms with van der Waals surface area (Å²) >= 11 is 3.65. The maximum absolute atomic E-state index is 6.12. The normalized spacial score (nSPS) is 22.1. The minimum atomic E-state index is 0.134. The van der Waals surface area contributed by atoms with Gasteiger partial charge in [-0.05, 0) is 47.3 Å². The van der Waals surface area contributed by atoms with Crippen molar-refractivity contribution in [3.05, 3.63) is 22.2 Å². The standard InChI is InChI=1S/C13H16BrNO2/c1-8(15)13(4-5-13)9-2-3-10-12(11(9)14)17-7-6-16-10/h2-3,8H,4-7,15H2,1H3. The molecule has 2 aliphatic rings. The van der Waals surface area contributed by atoms with Crippen LogP contribution in [0.1, 0.15) is 25.3 Å². The van der Waals surface area contributed by atoms with Crippen molar-refractivity contribution in [1.29, 1.82) is 0 Å². The van der Waals surface area contributed by atoms with Gasteiger partial charge in [0, 0.05) is 11.5 Å². The largest absolute Gasteiger partial charge is 0.486 e. The Balaban J connectivity index is 2.07. The SMILES string of the molecule is CC(N)C1(c2ccc3c(c2Br)OCCO3)CC1. The molecule has 0 spiro atoms. The summed E-state index contributed by atoms with van der Waals surface area (Å²) in [7, 11) is 0. The van der Waals surface area contributed by atoms with Crippen molar-refractivity contribution in [2.45, 2.75) is 31.2 Å². The smallest absolute Gasteiger partial charge is 0.175 e. The van der Waals surface area contributed by atoms with Crippen LogP contribution in [0.4, 0.5) is 0 Å². The highest BCUT2D eigenvalue weighted by molar-refractivity contribution is 9.10. The molecule has 0 bridgehead atoms. The number of benzene rings is 1. The number of ether oxygens (including phenoxy) is 2. The van der Waals surface area contributed by atoms with Gasteiger partial charge in [-0.3, -0.25) is 0 Å². The first-order chi connectivity index (χ1) is 8.15. The van der Waals surface area contributed by atoms with Crippen molar-refractivity contribution >= 4 is 15.9 Å². The van der Waals surface area contributed by atoms with E-state index in [2.05, 4.69) is 28.9 Å². The van der Waals surface area contributed by atoms with Gasteiger partial charge in [0.25, 0.3) is 0 Å². The lowest BCUT2D eigenvalue weighted by atomic mass is 9.89. The Kier molecular flexibility index (Phi) is 2.60. The predicted molar refractivity (Wildman–Crippen MR) is 69.7 cm³/mol. The fourth-order valence-corrected chi connectivity index (χ4v) is 3.41. The van der Waals surface area contributed by atoms with Gasteiger partial charge >= 0.3 is 0 Å². The molecule has 0 aromatic heterocycles. The van der Waals surface area contributed by atoms with E-state index in [1.165, 1.54) is 5.56 Å². The molecule has 4 heteroatoms. The highest BCUT2D eigenvalue weighted by Gasteiger charge is 2.49. The van der Waals surface area contributed by atoms with E-state index in [4.69, 9.17) is 15.2 Å². The monoisotopic (exact) mass is 297 g/mol. The third kappa shape index (κ3) is 1.66. The summed E-state index contributed by atoms with van der Waals surface area (Å²) < 4.78 is 12.3. The van der Waals surface area contributed by atoms with Crippen LogP contribution in [0.5, 0.6) is 11.5 Å². The first-order valence-electron chi connectivity index (χ1n) is 5.99. The van der Waals surface area contributed by atoms with Crippen LogP contribution in [0.2, 0.25) is 0 Å². The number of hydrogen-bond acceptors (Lipinski definition) is 3. The lowest BCUT2D eigenvalue weighted by Crippen LogP contribution is -2.32. The van der Waals surface area contributed by atoms with Crippen molar-refractivity contribution in [2.75, 3.05) is 13.2 Å². The first-order valence-corrected chi connectivity index (χ1v) is 6.78. The van der Waals surface area contributed by atoms with Gasteiger partial charge in [0.2, 0.25) is 0 Å². The minimum absolute atomic E-state index is 0.134. The molecule has 1 fully saturated rings. The fourth-order valence-electron chi connectivity index (χ4n) is 2.57. The third-order valence-corrected chi connectivity index (χ3v) is 4.63. The van der Waals surface area contributed by atoms with Crippen molar-refractivity contribution in [3.63, 3.8) is 0 Å². The molecular formula is C13H16BrNO2. The Bertz CT molecular complexity index is 455. The maximum atomic E-state index is 6.12. The van der Waals surface area contributed by atoms with E-state index in [1.807, 2.05) is 6.07 Å². The summed E-state index contributed by atoms with van der Waals surface area (Å²) in [6, 6.07) is 4.28. The molecular weight excluding hydrogens is 282 g/mol. The zero-order valence-corrected chi connectivity index (χ0v) is 11.4. The number of nitrogens with two attached hydrogens (primary N) is 1. The van der Waals surface area contributed by atoms with E-state index < -0.39 is 0 Å². The molecule has 17 heavy (non-hydrogen) atoms. The van der Waals surface area contributed by atoms with Gasteiger partial charge in [-0.1, -0.05) is 6.07 Å². The molecule has 1 aliphatic carbocycles. The third-order valence-electron chi connectivity index (χ3n) is 3.84.